The summed E-state index contributed by atoms with van der Waals surface area (Å²) in [4.78, 5) is 12.6. The zero-order chi connectivity index (χ0) is 24.3. The van der Waals surface area contributed by atoms with Crippen LogP contribution in [0.5, 0.6) is 11.5 Å². The van der Waals surface area contributed by atoms with E-state index in [1.807, 2.05) is 30.3 Å². The molecule has 4 heteroatoms. The molecule has 0 unspecified atom stereocenters. The number of benzene rings is 3. The fraction of sp³-hybridized carbons (Fsp3) is 0.367. The van der Waals surface area contributed by atoms with Gasteiger partial charge in [-0.25, -0.2) is 4.79 Å². The Balaban J connectivity index is 1.45. The Hall–Kier alpha value is -3.27. The molecule has 0 aromatic heterocycles. The van der Waals surface area contributed by atoms with Crippen molar-refractivity contribution in [2.75, 3.05) is 7.11 Å². The van der Waals surface area contributed by atoms with Gasteiger partial charge in [-0.15, -0.1) is 0 Å². The van der Waals surface area contributed by atoms with E-state index in [0.717, 1.165) is 11.1 Å². The van der Waals surface area contributed by atoms with Crippen molar-refractivity contribution in [3.63, 3.8) is 0 Å². The average molecular weight is 459 g/mol. The molecule has 0 saturated carbocycles. The fourth-order valence-corrected chi connectivity index (χ4v) is 4.62. The number of ether oxygens (including phenoxy) is 3. The standard InChI is InChI=1S/C30H34O4/c1-29(2)15-16-30(3,4)26-17-22(11-14-25(26)29)20-33-23-12-13-24(27(18-23)32-5)28(31)34-19-21-9-7-6-8-10-21/h6-14,17-18H,15-16,19-20H2,1-5H3. The van der Waals surface area contributed by atoms with Crippen LogP contribution in [0, 0.1) is 0 Å². The van der Waals surface area contributed by atoms with Gasteiger partial charge in [0.1, 0.15) is 30.3 Å². The first-order valence-corrected chi connectivity index (χ1v) is 11.9. The van der Waals surface area contributed by atoms with Crippen LogP contribution in [0.1, 0.15) is 73.1 Å². The lowest BCUT2D eigenvalue weighted by Gasteiger charge is -2.42. The van der Waals surface area contributed by atoms with Crippen LogP contribution in [0.3, 0.4) is 0 Å². The number of methoxy groups -OCH3 is 1. The van der Waals surface area contributed by atoms with Crippen molar-refractivity contribution in [3.05, 3.63) is 94.5 Å². The highest BCUT2D eigenvalue weighted by atomic mass is 16.5. The Labute approximate surface area is 202 Å². The van der Waals surface area contributed by atoms with Crippen molar-refractivity contribution < 1.29 is 19.0 Å². The van der Waals surface area contributed by atoms with Crippen molar-refractivity contribution in [2.45, 2.75) is 64.6 Å². The van der Waals surface area contributed by atoms with Crippen LogP contribution in [0.15, 0.2) is 66.7 Å². The predicted octanol–water partition coefficient (Wildman–Crippen LogP) is 6.98. The Morgan fingerprint density at radius 1 is 0.794 bits per heavy atom. The summed E-state index contributed by atoms with van der Waals surface area (Å²) in [7, 11) is 1.54. The van der Waals surface area contributed by atoms with Crippen LogP contribution in [-0.2, 0) is 28.8 Å². The minimum atomic E-state index is -0.424. The molecule has 4 nitrogen and oxygen atoms in total. The lowest BCUT2D eigenvalue weighted by atomic mass is 9.63. The molecule has 0 spiro atoms. The molecule has 1 aliphatic carbocycles. The van der Waals surface area contributed by atoms with Crippen molar-refractivity contribution >= 4 is 5.97 Å². The van der Waals surface area contributed by atoms with E-state index >= 15 is 0 Å². The molecule has 3 aromatic carbocycles. The second kappa shape index (κ2) is 9.54. The normalized spacial score (nSPS) is 15.8. The van der Waals surface area contributed by atoms with E-state index in [0.29, 0.717) is 23.7 Å². The largest absolute Gasteiger partial charge is 0.496 e. The van der Waals surface area contributed by atoms with Crippen molar-refractivity contribution in [2.24, 2.45) is 0 Å². The Kier molecular flexibility index (Phi) is 6.70. The number of esters is 1. The van der Waals surface area contributed by atoms with Gasteiger partial charge in [-0.05, 0) is 58.1 Å². The van der Waals surface area contributed by atoms with Crippen molar-refractivity contribution in [1.29, 1.82) is 0 Å². The summed E-state index contributed by atoms with van der Waals surface area (Å²) in [5, 5.41) is 0. The smallest absolute Gasteiger partial charge is 0.342 e. The van der Waals surface area contributed by atoms with E-state index in [9.17, 15) is 4.79 Å². The van der Waals surface area contributed by atoms with Gasteiger partial charge in [-0.1, -0.05) is 76.2 Å². The first kappa shape index (κ1) is 23.9. The van der Waals surface area contributed by atoms with Crippen LogP contribution in [0.25, 0.3) is 0 Å². The second-order valence-electron chi connectivity index (χ2n) is 10.4. The number of carbonyl (C=O) groups excluding carboxylic acids is 1. The minimum absolute atomic E-state index is 0.159. The molecule has 0 atom stereocenters. The third kappa shape index (κ3) is 5.11. The van der Waals surface area contributed by atoms with Crippen LogP contribution in [-0.4, -0.2) is 13.1 Å². The number of fused-ring (bicyclic) bond motifs is 1. The molecule has 0 saturated heterocycles. The number of rotatable bonds is 7. The molecule has 0 radical (unpaired) electrons. The number of hydrogen-bond donors (Lipinski definition) is 0. The van der Waals surface area contributed by atoms with E-state index < -0.39 is 5.97 Å². The quantitative estimate of drug-likeness (QED) is 0.358. The summed E-state index contributed by atoms with van der Waals surface area (Å²) in [5.41, 5.74) is 5.66. The summed E-state index contributed by atoms with van der Waals surface area (Å²) in [5.74, 6) is 0.657. The molecule has 0 amide bonds. The molecule has 34 heavy (non-hydrogen) atoms. The van der Waals surface area contributed by atoms with E-state index in [4.69, 9.17) is 14.2 Å². The highest BCUT2D eigenvalue weighted by molar-refractivity contribution is 5.92. The third-order valence-electron chi connectivity index (χ3n) is 6.93. The van der Waals surface area contributed by atoms with Gasteiger partial charge in [0.25, 0.3) is 0 Å². The minimum Gasteiger partial charge on any atom is -0.496 e. The first-order valence-electron chi connectivity index (χ1n) is 11.9. The van der Waals surface area contributed by atoms with E-state index in [2.05, 4.69) is 45.9 Å². The van der Waals surface area contributed by atoms with Crippen LogP contribution in [0.4, 0.5) is 0 Å². The van der Waals surface area contributed by atoms with Gasteiger partial charge in [0.15, 0.2) is 0 Å². The molecule has 4 rings (SSSR count). The monoisotopic (exact) mass is 458 g/mol. The molecular weight excluding hydrogens is 424 g/mol. The summed E-state index contributed by atoms with van der Waals surface area (Å²) >= 11 is 0. The maximum absolute atomic E-state index is 12.6. The lowest BCUT2D eigenvalue weighted by Crippen LogP contribution is -2.33. The fourth-order valence-electron chi connectivity index (χ4n) is 4.62. The van der Waals surface area contributed by atoms with Gasteiger partial charge < -0.3 is 14.2 Å². The van der Waals surface area contributed by atoms with Crippen LogP contribution < -0.4 is 9.47 Å². The van der Waals surface area contributed by atoms with Gasteiger partial charge in [-0.3, -0.25) is 0 Å². The lowest BCUT2D eigenvalue weighted by molar-refractivity contribution is 0.0469. The average Bonchev–Trinajstić information content (AvgIpc) is 2.84. The highest BCUT2D eigenvalue weighted by Gasteiger charge is 2.36. The van der Waals surface area contributed by atoms with Crippen LogP contribution >= 0.6 is 0 Å². The molecular formula is C30H34O4. The number of hydrogen-bond acceptors (Lipinski definition) is 4. The molecule has 0 heterocycles. The van der Waals surface area contributed by atoms with Gasteiger partial charge >= 0.3 is 5.97 Å². The van der Waals surface area contributed by atoms with Crippen LogP contribution in [0.2, 0.25) is 0 Å². The summed E-state index contributed by atoms with van der Waals surface area (Å²) in [6.45, 7) is 9.97. The molecule has 0 N–H and O–H groups in total. The Bertz CT molecular complexity index is 1160. The van der Waals surface area contributed by atoms with E-state index in [-0.39, 0.29) is 17.4 Å². The predicted molar refractivity (Wildman–Crippen MR) is 135 cm³/mol. The summed E-state index contributed by atoms with van der Waals surface area (Å²) < 4.78 is 17.0. The second-order valence-corrected chi connectivity index (χ2v) is 10.4. The van der Waals surface area contributed by atoms with E-state index in [1.54, 1.807) is 25.3 Å². The molecule has 0 bridgehead atoms. The van der Waals surface area contributed by atoms with Gasteiger partial charge in [-0.2, -0.15) is 0 Å². The highest BCUT2D eigenvalue weighted by Crippen LogP contribution is 2.46. The first-order chi connectivity index (χ1) is 16.2. The van der Waals surface area contributed by atoms with Gasteiger partial charge in [0.05, 0.1) is 7.11 Å². The van der Waals surface area contributed by atoms with Gasteiger partial charge in [0.2, 0.25) is 0 Å². The molecule has 178 valence electrons. The Morgan fingerprint density at radius 2 is 1.50 bits per heavy atom. The summed E-state index contributed by atoms with van der Waals surface area (Å²) in [6.07, 6.45) is 2.37. The SMILES string of the molecule is COc1cc(OCc2ccc3c(c2)C(C)(C)CCC3(C)C)ccc1C(=O)OCc1ccccc1. The maximum atomic E-state index is 12.6. The van der Waals surface area contributed by atoms with Crippen molar-refractivity contribution in [3.8, 4) is 11.5 Å². The van der Waals surface area contributed by atoms with E-state index in [1.165, 1.54) is 24.0 Å². The Morgan fingerprint density at radius 3 is 2.21 bits per heavy atom. The molecule has 0 fully saturated rings. The molecule has 0 aliphatic heterocycles. The zero-order valence-electron chi connectivity index (χ0n) is 20.8. The van der Waals surface area contributed by atoms with Gasteiger partial charge in [0, 0.05) is 6.07 Å². The topological polar surface area (TPSA) is 44.8 Å². The third-order valence-corrected chi connectivity index (χ3v) is 6.93. The zero-order valence-corrected chi connectivity index (χ0v) is 20.8. The molecule has 1 aliphatic rings. The van der Waals surface area contributed by atoms with Crippen molar-refractivity contribution in [1.82, 2.24) is 0 Å². The maximum Gasteiger partial charge on any atom is 0.342 e. The number of carbonyl (C=O) groups is 1. The summed E-state index contributed by atoms with van der Waals surface area (Å²) in [6, 6.07) is 21.5. The molecule has 3 aromatic rings.